The first-order valence-corrected chi connectivity index (χ1v) is 14.8. The van der Waals surface area contributed by atoms with Crippen molar-refractivity contribution in [1.82, 2.24) is 10.0 Å². The highest BCUT2D eigenvalue weighted by Gasteiger charge is 2.32. The second kappa shape index (κ2) is 17.2. The van der Waals surface area contributed by atoms with Crippen molar-refractivity contribution in [1.29, 1.82) is 10.5 Å². The summed E-state index contributed by atoms with van der Waals surface area (Å²) in [6.07, 6.45) is 0. The van der Waals surface area contributed by atoms with Crippen LogP contribution in [0.1, 0.15) is 43.0 Å². The van der Waals surface area contributed by atoms with Crippen LogP contribution in [-0.4, -0.2) is 57.0 Å². The van der Waals surface area contributed by atoms with Crippen LogP contribution in [0.3, 0.4) is 0 Å². The van der Waals surface area contributed by atoms with Crippen LogP contribution >= 0.6 is 0 Å². The summed E-state index contributed by atoms with van der Waals surface area (Å²) in [5.41, 5.74) is -2.05. The number of halogens is 2. The summed E-state index contributed by atoms with van der Waals surface area (Å²) in [6.45, 7) is -3.48. The standard InChI is InChI=1S/C34H22F2N6O11/c35-27-13-29(25(11-23(27)15-37)33(45)39(41(47)48)17-21-7-3-1-4-8-21)51-19-31(43)53-32(44)20-52-30-14-28(36)24(16-38)12-26(30)34(46)40(42(49)50)18-22-9-5-2-6-10-22/h1-14H,17-20H2. The van der Waals surface area contributed by atoms with Gasteiger partial charge < -0.3 is 14.2 Å². The van der Waals surface area contributed by atoms with E-state index in [1.54, 1.807) is 36.4 Å². The normalized spacial score (nSPS) is 10.2. The van der Waals surface area contributed by atoms with Gasteiger partial charge in [0.25, 0.3) is 0 Å². The van der Waals surface area contributed by atoms with E-state index in [2.05, 4.69) is 4.74 Å². The maximum Gasteiger partial charge on any atom is 0.351 e. The number of carbonyl (C=O) groups is 4. The Kier molecular flexibility index (Phi) is 12.4. The fourth-order valence-electron chi connectivity index (χ4n) is 4.51. The second-order valence-corrected chi connectivity index (χ2v) is 10.5. The summed E-state index contributed by atoms with van der Waals surface area (Å²) in [6, 6.07) is 20.8. The number of benzene rings is 4. The SMILES string of the molecule is N#Cc1cc(C(=O)N(Cc2ccccc2)[N+](=O)[O-])c(OCC(=O)OC(=O)COc2cc(F)c(C#N)cc2C(=O)N(Cc2ccccc2)[N+](=O)[O-])cc1F. The summed E-state index contributed by atoms with van der Waals surface area (Å²) in [4.78, 5) is 74.9. The van der Waals surface area contributed by atoms with Gasteiger partial charge in [-0.05, 0) is 23.3 Å². The molecule has 2 amide bonds. The van der Waals surface area contributed by atoms with Gasteiger partial charge in [0, 0.05) is 12.1 Å². The van der Waals surface area contributed by atoms with Crippen molar-refractivity contribution < 1.29 is 52.2 Å². The van der Waals surface area contributed by atoms with Gasteiger partial charge in [0.1, 0.15) is 48.4 Å². The van der Waals surface area contributed by atoms with Crippen molar-refractivity contribution in [3.05, 3.63) is 150 Å². The zero-order valence-electron chi connectivity index (χ0n) is 26.8. The lowest BCUT2D eigenvalue weighted by atomic mass is 10.1. The third-order valence-corrected chi connectivity index (χ3v) is 6.97. The topological polar surface area (TPSA) is 236 Å². The minimum atomic E-state index is -1.47. The molecule has 268 valence electrons. The van der Waals surface area contributed by atoms with Crippen LogP contribution in [0.15, 0.2) is 84.9 Å². The van der Waals surface area contributed by atoms with E-state index in [1.807, 2.05) is 0 Å². The molecule has 0 aliphatic heterocycles. The summed E-state index contributed by atoms with van der Waals surface area (Å²) in [7, 11) is 0. The Morgan fingerprint density at radius 1 is 0.642 bits per heavy atom. The molecule has 0 radical (unpaired) electrons. The number of ether oxygens (including phenoxy) is 3. The number of carbonyl (C=O) groups excluding carboxylic acids is 4. The van der Waals surface area contributed by atoms with E-state index in [4.69, 9.17) is 9.47 Å². The highest BCUT2D eigenvalue weighted by molar-refractivity contribution is 5.97. The van der Waals surface area contributed by atoms with Crippen LogP contribution in [-0.2, 0) is 27.4 Å². The van der Waals surface area contributed by atoms with E-state index < -0.39 is 106 Å². The van der Waals surface area contributed by atoms with E-state index >= 15 is 0 Å². The van der Waals surface area contributed by atoms with Gasteiger partial charge in [-0.1, -0.05) is 70.7 Å². The van der Waals surface area contributed by atoms with Crippen LogP contribution in [0.2, 0.25) is 0 Å². The maximum absolute atomic E-state index is 14.5. The van der Waals surface area contributed by atoms with E-state index in [0.717, 1.165) is 0 Å². The van der Waals surface area contributed by atoms with E-state index in [-0.39, 0.29) is 10.0 Å². The number of hydrogen-bond acceptors (Lipinski definition) is 13. The highest BCUT2D eigenvalue weighted by Crippen LogP contribution is 2.27. The third-order valence-electron chi connectivity index (χ3n) is 6.97. The molecule has 0 saturated carbocycles. The number of hydrogen-bond donors (Lipinski definition) is 0. The second-order valence-electron chi connectivity index (χ2n) is 10.5. The van der Waals surface area contributed by atoms with Crippen LogP contribution in [0.4, 0.5) is 8.78 Å². The van der Waals surface area contributed by atoms with Gasteiger partial charge in [0.15, 0.2) is 23.3 Å². The molecule has 4 rings (SSSR count). The van der Waals surface area contributed by atoms with E-state index in [1.165, 1.54) is 36.4 Å². The Morgan fingerprint density at radius 2 is 1.00 bits per heavy atom. The zero-order valence-corrected chi connectivity index (χ0v) is 26.8. The first kappa shape index (κ1) is 38.0. The molecular weight excluding hydrogens is 706 g/mol. The largest absolute Gasteiger partial charge is 0.481 e. The zero-order chi connectivity index (χ0) is 38.7. The number of rotatable bonds is 14. The summed E-state index contributed by atoms with van der Waals surface area (Å²) >= 11 is 0. The number of esters is 2. The average Bonchev–Trinajstić information content (AvgIpc) is 3.14. The molecule has 0 atom stereocenters. The Bertz CT molecular complexity index is 2020. The first-order chi connectivity index (χ1) is 25.3. The lowest BCUT2D eigenvalue weighted by molar-refractivity contribution is -0.635. The van der Waals surface area contributed by atoms with Gasteiger partial charge in [-0.15, -0.1) is 0 Å². The van der Waals surface area contributed by atoms with Gasteiger partial charge in [-0.2, -0.15) is 10.5 Å². The molecule has 0 fully saturated rings. The molecule has 0 bridgehead atoms. The van der Waals surface area contributed by atoms with Crippen molar-refractivity contribution in [2.24, 2.45) is 0 Å². The lowest BCUT2D eigenvalue weighted by Gasteiger charge is -2.16. The van der Waals surface area contributed by atoms with Gasteiger partial charge in [-0.25, -0.2) is 38.6 Å². The van der Waals surface area contributed by atoms with Gasteiger partial charge in [0.2, 0.25) is 0 Å². The number of hydrazine groups is 2. The molecule has 53 heavy (non-hydrogen) atoms. The maximum atomic E-state index is 14.5. The molecule has 0 heterocycles. The molecule has 0 aliphatic rings. The number of nitro groups is 2. The van der Waals surface area contributed by atoms with Crippen molar-refractivity contribution in [2.45, 2.75) is 13.1 Å². The molecule has 0 saturated heterocycles. The van der Waals surface area contributed by atoms with Gasteiger partial charge in [-0.3, -0.25) is 9.59 Å². The van der Waals surface area contributed by atoms with E-state index in [0.29, 0.717) is 35.4 Å². The Hall–Kier alpha value is -7.80. The average molecular weight is 729 g/mol. The summed E-state index contributed by atoms with van der Waals surface area (Å²) in [5.74, 6) is -9.52. The highest BCUT2D eigenvalue weighted by atomic mass is 19.1. The van der Waals surface area contributed by atoms with Crippen molar-refractivity contribution in [3.8, 4) is 23.6 Å². The van der Waals surface area contributed by atoms with Gasteiger partial charge in [0.05, 0.1) is 22.3 Å². The lowest BCUT2D eigenvalue weighted by Crippen LogP contribution is -2.36. The van der Waals surface area contributed by atoms with Gasteiger partial charge >= 0.3 is 23.8 Å². The number of nitrogens with zero attached hydrogens (tertiary/aromatic N) is 6. The predicted octanol–water partition coefficient (Wildman–Crippen LogP) is 3.90. The van der Waals surface area contributed by atoms with Crippen LogP contribution in [0.5, 0.6) is 11.5 Å². The van der Waals surface area contributed by atoms with Crippen LogP contribution in [0.25, 0.3) is 0 Å². The Labute approximate surface area is 296 Å². The molecule has 0 aromatic heterocycles. The molecule has 0 aliphatic carbocycles. The molecule has 17 nitrogen and oxygen atoms in total. The quantitative estimate of drug-likeness (QED) is 0.0776. The van der Waals surface area contributed by atoms with Crippen molar-refractivity contribution >= 4 is 23.8 Å². The molecule has 0 unspecified atom stereocenters. The van der Waals surface area contributed by atoms with Crippen LogP contribution in [0, 0.1) is 54.5 Å². The molecule has 4 aromatic carbocycles. The van der Waals surface area contributed by atoms with Crippen molar-refractivity contribution in [2.75, 3.05) is 13.2 Å². The fourth-order valence-corrected chi connectivity index (χ4v) is 4.51. The molecule has 0 spiro atoms. The van der Waals surface area contributed by atoms with E-state index in [9.17, 15) is 58.7 Å². The Morgan fingerprint density at radius 3 is 1.32 bits per heavy atom. The summed E-state index contributed by atoms with van der Waals surface area (Å²) < 4.78 is 43.9. The minimum Gasteiger partial charge on any atom is -0.481 e. The number of amides is 2. The smallest absolute Gasteiger partial charge is 0.351 e. The molecular formula is C34H22F2N6O11. The predicted molar refractivity (Wildman–Crippen MR) is 171 cm³/mol. The molecule has 4 aromatic rings. The first-order valence-electron chi connectivity index (χ1n) is 14.8. The molecule has 19 heteroatoms. The minimum absolute atomic E-state index is 0.160. The fraction of sp³-hybridized carbons (Fsp3) is 0.118. The third kappa shape index (κ3) is 9.67. The number of nitriles is 2. The summed E-state index contributed by atoms with van der Waals surface area (Å²) in [5, 5.41) is 40.3. The molecule has 0 N–H and O–H groups in total. The van der Waals surface area contributed by atoms with Crippen LogP contribution < -0.4 is 9.47 Å². The Balaban J connectivity index is 1.47. The van der Waals surface area contributed by atoms with Crippen molar-refractivity contribution in [3.63, 3.8) is 0 Å². The monoisotopic (exact) mass is 728 g/mol.